The first kappa shape index (κ1) is 21.0. The van der Waals surface area contributed by atoms with Crippen molar-refractivity contribution >= 4 is 17.7 Å². The summed E-state index contributed by atoms with van der Waals surface area (Å²) in [5.41, 5.74) is 1.55. The van der Waals surface area contributed by atoms with Crippen molar-refractivity contribution in [1.29, 1.82) is 0 Å². The summed E-state index contributed by atoms with van der Waals surface area (Å²) in [4.78, 5) is 32.2. The fourth-order valence-electron chi connectivity index (χ4n) is 2.66. The number of carbonyl (C=O) groups excluding carboxylic acids is 2. The summed E-state index contributed by atoms with van der Waals surface area (Å²) in [6.07, 6.45) is 0. The van der Waals surface area contributed by atoms with Crippen molar-refractivity contribution < 1.29 is 23.8 Å². The molecule has 1 aromatic carbocycles. The van der Waals surface area contributed by atoms with E-state index in [4.69, 9.17) is 14.2 Å². The van der Waals surface area contributed by atoms with Gasteiger partial charge in [-0.2, -0.15) is 4.98 Å². The third-order valence-electron chi connectivity index (χ3n) is 3.96. The van der Waals surface area contributed by atoms with Crippen LogP contribution in [-0.2, 0) is 9.53 Å². The van der Waals surface area contributed by atoms with Crippen LogP contribution in [0.1, 0.15) is 28.9 Å². The van der Waals surface area contributed by atoms with Gasteiger partial charge < -0.3 is 19.5 Å². The van der Waals surface area contributed by atoms with Gasteiger partial charge in [-0.05, 0) is 51.1 Å². The predicted octanol–water partition coefficient (Wildman–Crippen LogP) is 1.49. The normalized spacial score (nSPS) is 10.6. The first-order valence-electron chi connectivity index (χ1n) is 9.46. The smallest absolute Gasteiger partial charge is 0.378 e. The molecule has 0 unspecified atom stereocenters. The quantitative estimate of drug-likeness (QED) is 0.414. The molecule has 158 valence electrons. The molecule has 0 aliphatic heterocycles. The minimum Gasteiger partial charge on any atom is -0.494 e. The fourth-order valence-corrected chi connectivity index (χ4v) is 2.66. The Morgan fingerprint density at radius 3 is 2.47 bits per heavy atom. The Balaban J connectivity index is 1.40. The van der Waals surface area contributed by atoms with E-state index in [-0.39, 0.29) is 19.0 Å². The van der Waals surface area contributed by atoms with E-state index < -0.39 is 18.5 Å². The summed E-state index contributed by atoms with van der Waals surface area (Å²) < 4.78 is 17.3. The van der Waals surface area contributed by atoms with Crippen LogP contribution in [0.4, 0.5) is 0 Å². The summed E-state index contributed by atoms with van der Waals surface area (Å²) >= 11 is 0. The van der Waals surface area contributed by atoms with Crippen LogP contribution in [0.5, 0.6) is 11.5 Å². The van der Waals surface area contributed by atoms with Crippen molar-refractivity contribution in [1.82, 2.24) is 24.9 Å². The molecule has 2 aromatic heterocycles. The van der Waals surface area contributed by atoms with E-state index in [1.165, 1.54) is 4.52 Å². The highest BCUT2D eigenvalue weighted by Gasteiger charge is 2.17. The maximum Gasteiger partial charge on any atom is 0.378 e. The van der Waals surface area contributed by atoms with Gasteiger partial charge in [0.1, 0.15) is 18.1 Å². The molecule has 2 heterocycles. The van der Waals surface area contributed by atoms with E-state index in [2.05, 4.69) is 20.4 Å². The van der Waals surface area contributed by atoms with Gasteiger partial charge in [-0.1, -0.05) is 0 Å². The molecular weight excluding hydrogens is 390 g/mol. The first-order chi connectivity index (χ1) is 14.5. The maximum absolute atomic E-state index is 12.1. The molecule has 0 atom stereocenters. The van der Waals surface area contributed by atoms with Gasteiger partial charge in [-0.25, -0.2) is 14.3 Å². The monoisotopic (exact) mass is 413 g/mol. The van der Waals surface area contributed by atoms with Gasteiger partial charge in [-0.15, -0.1) is 5.10 Å². The lowest BCUT2D eigenvalue weighted by Gasteiger charge is -2.09. The molecule has 0 fully saturated rings. The summed E-state index contributed by atoms with van der Waals surface area (Å²) in [7, 11) is 0. The minimum atomic E-state index is -0.793. The Morgan fingerprint density at radius 1 is 1.07 bits per heavy atom. The zero-order chi connectivity index (χ0) is 21.5. The maximum atomic E-state index is 12.1. The van der Waals surface area contributed by atoms with Crippen LogP contribution in [0.15, 0.2) is 30.3 Å². The number of carbonyl (C=O) groups is 2. The molecule has 0 saturated heterocycles. The van der Waals surface area contributed by atoms with Crippen LogP contribution in [0.25, 0.3) is 5.78 Å². The molecule has 10 heteroatoms. The number of aryl methyl sites for hydroxylation is 2. The standard InChI is InChI=1S/C20H23N5O5/c1-4-28-15-5-7-16(8-6-15)29-10-9-21-17(26)12-30-19(27)18-23-20-22-13(2)11-14(3)25(20)24-18/h5-8,11H,4,9-10,12H2,1-3H3,(H,21,26). The number of ether oxygens (including phenoxy) is 3. The molecule has 0 aliphatic rings. The zero-order valence-corrected chi connectivity index (χ0v) is 17.0. The lowest BCUT2D eigenvalue weighted by molar-refractivity contribution is -0.124. The molecule has 3 rings (SSSR count). The van der Waals surface area contributed by atoms with Crippen LogP contribution < -0.4 is 14.8 Å². The summed E-state index contributed by atoms with van der Waals surface area (Å²) in [6.45, 7) is 6.25. The molecule has 0 radical (unpaired) electrons. The molecule has 0 spiro atoms. The van der Waals surface area contributed by atoms with Crippen molar-refractivity contribution in [2.45, 2.75) is 20.8 Å². The summed E-state index contributed by atoms with van der Waals surface area (Å²) in [5, 5.41) is 6.68. The average molecular weight is 413 g/mol. The zero-order valence-electron chi connectivity index (χ0n) is 17.0. The molecule has 0 saturated carbocycles. The number of amides is 1. The van der Waals surface area contributed by atoms with Crippen molar-refractivity contribution in [3.05, 3.63) is 47.5 Å². The van der Waals surface area contributed by atoms with Gasteiger partial charge in [0.2, 0.25) is 0 Å². The number of esters is 1. The van der Waals surface area contributed by atoms with Crippen LogP contribution >= 0.6 is 0 Å². The molecule has 0 aliphatic carbocycles. The Bertz CT molecular complexity index is 1030. The van der Waals surface area contributed by atoms with Crippen molar-refractivity contribution in [2.24, 2.45) is 0 Å². The molecule has 3 aromatic rings. The number of aromatic nitrogens is 4. The van der Waals surface area contributed by atoms with Crippen LogP contribution in [0.3, 0.4) is 0 Å². The van der Waals surface area contributed by atoms with Crippen LogP contribution in [0.2, 0.25) is 0 Å². The second-order valence-electron chi connectivity index (χ2n) is 6.37. The van der Waals surface area contributed by atoms with E-state index in [1.807, 2.05) is 39.0 Å². The Morgan fingerprint density at radius 2 is 1.77 bits per heavy atom. The molecule has 1 amide bonds. The third-order valence-corrected chi connectivity index (χ3v) is 3.96. The fraction of sp³-hybridized carbons (Fsp3) is 0.350. The third kappa shape index (κ3) is 5.43. The minimum absolute atomic E-state index is 0.150. The molecular formula is C20H23N5O5. The molecule has 30 heavy (non-hydrogen) atoms. The van der Waals surface area contributed by atoms with E-state index in [9.17, 15) is 9.59 Å². The SMILES string of the molecule is CCOc1ccc(OCCNC(=O)COC(=O)c2nc3nc(C)cc(C)n3n2)cc1. The summed E-state index contributed by atoms with van der Waals surface area (Å²) in [6, 6.07) is 9.01. The largest absolute Gasteiger partial charge is 0.494 e. The molecule has 10 nitrogen and oxygen atoms in total. The highest BCUT2D eigenvalue weighted by atomic mass is 16.5. The Labute approximate surface area is 173 Å². The van der Waals surface area contributed by atoms with Crippen molar-refractivity contribution in [3.8, 4) is 11.5 Å². The van der Waals surface area contributed by atoms with Crippen LogP contribution in [0, 0.1) is 13.8 Å². The number of fused-ring (bicyclic) bond motifs is 1. The summed E-state index contributed by atoms with van der Waals surface area (Å²) in [5.74, 6) is 0.335. The van der Waals surface area contributed by atoms with Crippen LogP contribution in [-0.4, -0.2) is 57.8 Å². The van der Waals surface area contributed by atoms with E-state index in [1.54, 1.807) is 12.1 Å². The van der Waals surface area contributed by atoms with Gasteiger partial charge >= 0.3 is 5.97 Å². The number of rotatable bonds is 9. The van der Waals surface area contributed by atoms with E-state index in [0.29, 0.717) is 18.1 Å². The lowest BCUT2D eigenvalue weighted by Crippen LogP contribution is -2.32. The number of hydrogen-bond donors (Lipinski definition) is 1. The highest BCUT2D eigenvalue weighted by molar-refractivity contribution is 5.88. The number of nitrogens with zero attached hydrogens (tertiary/aromatic N) is 4. The molecule has 0 bridgehead atoms. The Kier molecular flexibility index (Phi) is 6.79. The topological polar surface area (TPSA) is 117 Å². The highest BCUT2D eigenvalue weighted by Crippen LogP contribution is 2.17. The van der Waals surface area contributed by atoms with Gasteiger partial charge in [0.15, 0.2) is 6.61 Å². The van der Waals surface area contributed by atoms with E-state index in [0.717, 1.165) is 17.1 Å². The Hall–Kier alpha value is -3.69. The van der Waals surface area contributed by atoms with Gasteiger partial charge in [0.25, 0.3) is 17.5 Å². The van der Waals surface area contributed by atoms with E-state index >= 15 is 0 Å². The van der Waals surface area contributed by atoms with Gasteiger partial charge in [-0.3, -0.25) is 4.79 Å². The second-order valence-corrected chi connectivity index (χ2v) is 6.37. The van der Waals surface area contributed by atoms with Gasteiger partial charge in [0, 0.05) is 11.4 Å². The van der Waals surface area contributed by atoms with Gasteiger partial charge in [0.05, 0.1) is 13.2 Å². The number of nitrogens with one attached hydrogen (secondary N) is 1. The number of hydrogen-bond acceptors (Lipinski definition) is 8. The van der Waals surface area contributed by atoms with Crippen molar-refractivity contribution in [3.63, 3.8) is 0 Å². The number of benzene rings is 1. The predicted molar refractivity (Wildman–Crippen MR) is 107 cm³/mol. The average Bonchev–Trinajstić information content (AvgIpc) is 3.15. The van der Waals surface area contributed by atoms with Crippen molar-refractivity contribution in [2.75, 3.05) is 26.4 Å². The lowest BCUT2D eigenvalue weighted by atomic mass is 10.3. The second kappa shape index (κ2) is 9.68. The molecule has 1 N–H and O–H groups in total. The first-order valence-corrected chi connectivity index (χ1v) is 9.46.